The predicted octanol–water partition coefficient (Wildman–Crippen LogP) is 2.29. The maximum absolute atomic E-state index is 12.1. The molecule has 0 N–H and O–H groups in total. The largest absolute Gasteiger partial charge is 0.342 e. The monoisotopic (exact) mass is 207 g/mol. The molecule has 1 spiro atoms. The first-order valence-electron chi connectivity index (χ1n) is 6.41. The van der Waals surface area contributed by atoms with E-state index in [-0.39, 0.29) is 0 Å². The molecule has 0 aromatic heterocycles. The van der Waals surface area contributed by atoms with Crippen LogP contribution in [0.5, 0.6) is 0 Å². The molecule has 2 heteroatoms. The van der Waals surface area contributed by atoms with Crippen molar-refractivity contribution >= 4 is 5.91 Å². The van der Waals surface area contributed by atoms with Crippen molar-refractivity contribution in [1.82, 2.24) is 4.90 Å². The first kappa shape index (κ1) is 9.68. The molecule has 84 valence electrons. The van der Waals surface area contributed by atoms with Gasteiger partial charge in [-0.15, -0.1) is 0 Å². The van der Waals surface area contributed by atoms with Crippen molar-refractivity contribution in [2.75, 3.05) is 13.1 Å². The minimum atomic E-state index is 0.430. The zero-order chi connectivity index (χ0) is 10.6. The maximum Gasteiger partial charge on any atom is 0.226 e. The second-order valence-corrected chi connectivity index (χ2v) is 6.22. The van der Waals surface area contributed by atoms with Crippen molar-refractivity contribution in [2.45, 2.75) is 39.5 Å². The van der Waals surface area contributed by atoms with Crippen molar-refractivity contribution in [3.05, 3.63) is 0 Å². The molecular formula is C13H21NO. The Balaban J connectivity index is 1.51. The molecule has 1 heterocycles. The van der Waals surface area contributed by atoms with Crippen molar-refractivity contribution in [2.24, 2.45) is 23.2 Å². The molecule has 1 amide bonds. The number of rotatable bonds is 2. The van der Waals surface area contributed by atoms with Crippen molar-refractivity contribution in [1.29, 1.82) is 0 Å². The fraction of sp³-hybridized carbons (Fsp3) is 0.923. The van der Waals surface area contributed by atoms with Crippen molar-refractivity contribution in [3.63, 3.8) is 0 Å². The van der Waals surface area contributed by atoms with E-state index in [1.54, 1.807) is 0 Å². The summed E-state index contributed by atoms with van der Waals surface area (Å²) in [5.41, 5.74) is 0.514. The third-order valence-corrected chi connectivity index (χ3v) is 5.00. The summed E-state index contributed by atoms with van der Waals surface area (Å²) in [6.07, 6.45) is 5.21. The molecule has 2 saturated carbocycles. The van der Waals surface area contributed by atoms with Crippen LogP contribution in [-0.2, 0) is 4.79 Å². The summed E-state index contributed by atoms with van der Waals surface area (Å²) in [6, 6.07) is 0. The van der Waals surface area contributed by atoms with Gasteiger partial charge < -0.3 is 4.90 Å². The third kappa shape index (κ3) is 1.33. The Morgan fingerprint density at radius 1 is 1.33 bits per heavy atom. The zero-order valence-electron chi connectivity index (χ0n) is 9.83. The smallest absolute Gasteiger partial charge is 0.226 e. The molecule has 0 aromatic rings. The summed E-state index contributed by atoms with van der Waals surface area (Å²) in [5, 5.41) is 0. The Morgan fingerprint density at radius 3 is 2.40 bits per heavy atom. The van der Waals surface area contributed by atoms with Crippen LogP contribution in [0.15, 0.2) is 0 Å². The molecule has 0 unspecified atom stereocenters. The lowest BCUT2D eigenvalue weighted by atomic mass is 9.79. The molecule has 2 nitrogen and oxygen atoms in total. The van der Waals surface area contributed by atoms with Crippen LogP contribution in [0.25, 0.3) is 0 Å². The number of likely N-dealkylation sites (tertiary alicyclic amines) is 1. The van der Waals surface area contributed by atoms with Crippen LogP contribution < -0.4 is 0 Å². The highest BCUT2D eigenvalue weighted by atomic mass is 16.2. The van der Waals surface area contributed by atoms with E-state index in [0.717, 1.165) is 24.9 Å². The maximum atomic E-state index is 12.1. The van der Waals surface area contributed by atoms with Crippen LogP contribution in [-0.4, -0.2) is 23.9 Å². The fourth-order valence-corrected chi connectivity index (χ4v) is 3.21. The second kappa shape index (κ2) is 2.99. The lowest BCUT2D eigenvalue weighted by Crippen LogP contribution is -2.53. The van der Waals surface area contributed by atoms with Gasteiger partial charge in [0.2, 0.25) is 5.91 Å². The molecule has 0 aromatic carbocycles. The lowest BCUT2D eigenvalue weighted by Gasteiger charge is -2.42. The summed E-state index contributed by atoms with van der Waals surface area (Å²) >= 11 is 0. The number of amides is 1. The zero-order valence-corrected chi connectivity index (χ0v) is 9.83. The van der Waals surface area contributed by atoms with Gasteiger partial charge in [0, 0.05) is 19.0 Å². The van der Waals surface area contributed by atoms with E-state index in [2.05, 4.69) is 18.7 Å². The van der Waals surface area contributed by atoms with E-state index in [9.17, 15) is 4.79 Å². The van der Waals surface area contributed by atoms with Crippen LogP contribution >= 0.6 is 0 Å². The van der Waals surface area contributed by atoms with Gasteiger partial charge in [0.05, 0.1) is 0 Å². The first-order valence-corrected chi connectivity index (χ1v) is 6.41. The van der Waals surface area contributed by atoms with Crippen LogP contribution in [0.1, 0.15) is 39.5 Å². The normalized spacial score (nSPS) is 32.7. The predicted molar refractivity (Wildman–Crippen MR) is 59.3 cm³/mol. The molecule has 15 heavy (non-hydrogen) atoms. The lowest BCUT2D eigenvalue weighted by molar-refractivity contribution is -0.141. The molecule has 1 aliphatic heterocycles. The van der Waals surface area contributed by atoms with Gasteiger partial charge in [-0.05, 0) is 36.5 Å². The van der Waals surface area contributed by atoms with Gasteiger partial charge in [0.25, 0.3) is 0 Å². The minimum absolute atomic E-state index is 0.430. The quantitative estimate of drug-likeness (QED) is 0.680. The Bertz CT molecular complexity index is 287. The van der Waals surface area contributed by atoms with Crippen LogP contribution in [0.4, 0.5) is 0 Å². The minimum Gasteiger partial charge on any atom is -0.342 e. The molecule has 2 aliphatic carbocycles. The van der Waals surface area contributed by atoms with E-state index in [0.29, 0.717) is 17.2 Å². The molecule has 3 fully saturated rings. The summed E-state index contributed by atoms with van der Waals surface area (Å²) < 4.78 is 0. The number of hydrogen-bond donors (Lipinski definition) is 0. The van der Waals surface area contributed by atoms with Crippen molar-refractivity contribution in [3.8, 4) is 0 Å². The van der Waals surface area contributed by atoms with Crippen molar-refractivity contribution < 1.29 is 4.79 Å². The Kier molecular flexibility index (Phi) is 1.93. The van der Waals surface area contributed by atoms with Crippen LogP contribution in [0.2, 0.25) is 0 Å². The average Bonchev–Trinajstić information content (AvgIpc) is 2.72. The Labute approximate surface area is 92.0 Å². The van der Waals surface area contributed by atoms with E-state index < -0.39 is 0 Å². The third-order valence-electron chi connectivity index (χ3n) is 5.00. The highest BCUT2D eigenvalue weighted by Crippen LogP contribution is 2.66. The molecule has 1 atom stereocenters. The van der Waals surface area contributed by atoms with Gasteiger partial charge in [-0.1, -0.05) is 20.3 Å². The van der Waals surface area contributed by atoms with Gasteiger partial charge in [0.15, 0.2) is 0 Å². The van der Waals surface area contributed by atoms with E-state index in [4.69, 9.17) is 0 Å². The molecule has 3 rings (SSSR count). The fourth-order valence-electron chi connectivity index (χ4n) is 3.21. The van der Waals surface area contributed by atoms with Crippen LogP contribution in [0, 0.1) is 23.2 Å². The summed E-state index contributed by atoms with van der Waals surface area (Å²) in [4.78, 5) is 14.2. The van der Waals surface area contributed by atoms with Gasteiger partial charge >= 0.3 is 0 Å². The average molecular weight is 207 g/mol. The van der Waals surface area contributed by atoms with Gasteiger partial charge in [-0.3, -0.25) is 4.79 Å². The standard InChI is InChI=1S/C13H21NO/c1-9(2)10-7-14(8-10)12(15)11-6-13(11)4-3-5-13/h9-11H,3-8H2,1-2H3/t11-/m1/s1. The van der Waals surface area contributed by atoms with Crippen LogP contribution in [0.3, 0.4) is 0 Å². The van der Waals surface area contributed by atoms with Gasteiger partial charge in [0.1, 0.15) is 0 Å². The van der Waals surface area contributed by atoms with E-state index in [1.807, 2.05) is 0 Å². The van der Waals surface area contributed by atoms with Gasteiger partial charge in [-0.2, -0.15) is 0 Å². The highest BCUT2D eigenvalue weighted by molar-refractivity contribution is 5.83. The summed E-state index contributed by atoms with van der Waals surface area (Å²) in [7, 11) is 0. The number of carbonyl (C=O) groups is 1. The topological polar surface area (TPSA) is 20.3 Å². The number of hydrogen-bond acceptors (Lipinski definition) is 1. The second-order valence-electron chi connectivity index (χ2n) is 6.22. The highest BCUT2D eigenvalue weighted by Gasteiger charge is 2.62. The number of carbonyl (C=O) groups excluding carboxylic acids is 1. The first-order chi connectivity index (χ1) is 7.12. The SMILES string of the molecule is CC(C)C1CN(C(=O)[C@H]2CC23CCC3)C1. The summed E-state index contributed by atoms with van der Waals surface area (Å²) in [6.45, 7) is 6.58. The molecule has 3 aliphatic rings. The van der Waals surface area contributed by atoms with Gasteiger partial charge in [-0.25, -0.2) is 0 Å². The summed E-state index contributed by atoms with van der Waals surface area (Å²) in [5.74, 6) is 2.42. The Hall–Kier alpha value is -0.530. The molecule has 1 saturated heterocycles. The van der Waals surface area contributed by atoms with E-state index >= 15 is 0 Å². The molecule has 0 bridgehead atoms. The molecule has 0 radical (unpaired) electrons. The van der Waals surface area contributed by atoms with E-state index in [1.165, 1.54) is 25.7 Å². The number of nitrogens with zero attached hydrogens (tertiary/aromatic N) is 1. The Morgan fingerprint density at radius 2 is 2.00 bits per heavy atom. The molecular weight excluding hydrogens is 186 g/mol.